The highest BCUT2D eigenvalue weighted by Gasteiger charge is 2.43. The Labute approximate surface area is 262 Å². The number of carbonyl (C=O) groups is 2. The van der Waals surface area contributed by atoms with E-state index in [4.69, 9.17) is 4.74 Å². The Balaban J connectivity index is 1.35. The number of para-hydroxylation sites is 1. The van der Waals surface area contributed by atoms with E-state index in [-0.39, 0.29) is 48.8 Å². The van der Waals surface area contributed by atoms with E-state index in [1.165, 1.54) is 25.3 Å². The van der Waals surface area contributed by atoms with E-state index in [1.54, 1.807) is 42.5 Å². The molecule has 4 aromatic carbocycles. The molecule has 0 saturated carbocycles. The molecular formula is C33H28F4N2O6S. The Morgan fingerprint density at radius 2 is 1.65 bits per heavy atom. The number of halogens is 4. The first-order chi connectivity index (χ1) is 21.9. The third-order valence-electron chi connectivity index (χ3n) is 7.41. The number of nitrogens with zero attached hydrogens (tertiary/aromatic N) is 1. The van der Waals surface area contributed by atoms with Gasteiger partial charge in [-0.1, -0.05) is 48.5 Å². The molecule has 5 rings (SSSR count). The van der Waals surface area contributed by atoms with E-state index in [9.17, 15) is 35.6 Å². The zero-order valence-corrected chi connectivity index (χ0v) is 25.2. The summed E-state index contributed by atoms with van der Waals surface area (Å²) < 4.78 is 95.2. The van der Waals surface area contributed by atoms with Gasteiger partial charge in [-0.05, 0) is 64.7 Å². The second kappa shape index (κ2) is 13.2. The van der Waals surface area contributed by atoms with E-state index in [0.717, 1.165) is 34.1 Å². The fraction of sp³-hybridized carbons (Fsp3) is 0.212. The van der Waals surface area contributed by atoms with Crippen molar-refractivity contribution in [1.29, 1.82) is 0 Å². The number of nitrogens with one attached hydrogen (secondary N) is 1. The summed E-state index contributed by atoms with van der Waals surface area (Å²) in [6.45, 7) is 0.0440. The summed E-state index contributed by atoms with van der Waals surface area (Å²) in [5.41, 5.74) is -0.0386. The number of sulfonamides is 1. The van der Waals surface area contributed by atoms with Crippen molar-refractivity contribution in [2.45, 2.75) is 30.0 Å². The largest absolute Gasteiger partial charge is 0.492 e. The molecule has 4 aromatic rings. The molecule has 1 amide bonds. The molecule has 0 saturated heterocycles. The van der Waals surface area contributed by atoms with Crippen molar-refractivity contribution in [3.05, 3.63) is 114 Å². The summed E-state index contributed by atoms with van der Waals surface area (Å²) in [7, 11) is -3.38. The van der Waals surface area contributed by atoms with Crippen molar-refractivity contribution in [2.75, 3.05) is 24.6 Å². The lowest BCUT2D eigenvalue weighted by Gasteiger charge is -2.27. The highest BCUT2D eigenvalue weighted by molar-refractivity contribution is 7.93. The number of alkyl halides is 3. The average molecular weight is 657 g/mol. The molecular weight excluding hydrogens is 628 g/mol. The van der Waals surface area contributed by atoms with Crippen LogP contribution in [-0.4, -0.2) is 46.6 Å². The first kappa shape index (κ1) is 32.5. The van der Waals surface area contributed by atoms with Gasteiger partial charge >= 0.3 is 12.1 Å². The molecule has 1 N–H and O–H groups in total. The van der Waals surface area contributed by atoms with Gasteiger partial charge in [0.25, 0.3) is 10.0 Å². The van der Waals surface area contributed by atoms with Crippen LogP contribution in [0.1, 0.15) is 16.7 Å². The highest BCUT2D eigenvalue weighted by atomic mass is 32.2. The number of rotatable bonds is 10. The van der Waals surface area contributed by atoms with Gasteiger partial charge in [0.1, 0.15) is 24.2 Å². The molecule has 0 bridgehead atoms. The predicted octanol–water partition coefficient (Wildman–Crippen LogP) is 5.54. The van der Waals surface area contributed by atoms with Crippen molar-refractivity contribution in [3.8, 4) is 16.9 Å². The number of ether oxygens (including phenoxy) is 2. The minimum absolute atomic E-state index is 0.00351. The number of hydrogen-bond donors (Lipinski definition) is 1. The Morgan fingerprint density at radius 1 is 0.957 bits per heavy atom. The van der Waals surface area contributed by atoms with Gasteiger partial charge in [-0.3, -0.25) is 13.9 Å². The number of methoxy groups -OCH3 is 1. The quantitative estimate of drug-likeness (QED) is 0.137. The molecule has 240 valence electrons. The molecule has 1 atom stereocenters. The molecule has 0 radical (unpaired) electrons. The minimum Gasteiger partial charge on any atom is -0.492 e. The van der Waals surface area contributed by atoms with Gasteiger partial charge in [0, 0.05) is 6.42 Å². The maximum atomic E-state index is 14.2. The van der Waals surface area contributed by atoms with Gasteiger partial charge in [0.2, 0.25) is 5.91 Å². The molecule has 8 nitrogen and oxygen atoms in total. The van der Waals surface area contributed by atoms with Gasteiger partial charge in [0.15, 0.2) is 0 Å². The van der Waals surface area contributed by atoms with Crippen molar-refractivity contribution in [3.63, 3.8) is 0 Å². The fourth-order valence-corrected chi connectivity index (χ4v) is 6.85. The topological polar surface area (TPSA) is 102 Å². The van der Waals surface area contributed by atoms with Crippen LogP contribution < -0.4 is 14.4 Å². The SMILES string of the molecule is COC(=O)Cc1ccc(OCCNC(=O)[C@@H]2Cc3ccccc3N2S(=O)(=O)c2ccc(-c3ccc(F)cc3)c(C(F)(F)F)c2)cc1. The summed E-state index contributed by atoms with van der Waals surface area (Å²) in [6, 6.07) is 18.8. The van der Waals surface area contributed by atoms with Crippen LogP contribution in [-0.2, 0) is 43.4 Å². The van der Waals surface area contributed by atoms with Crippen LogP contribution in [0.5, 0.6) is 5.75 Å². The third-order valence-corrected chi connectivity index (χ3v) is 9.22. The Bertz CT molecular complexity index is 1850. The van der Waals surface area contributed by atoms with Crippen molar-refractivity contribution in [2.24, 2.45) is 0 Å². The second-order valence-corrected chi connectivity index (χ2v) is 12.2. The van der Waals surface area contributed by atoms with Crippen molar-refractivity contribution >= 4 is 27.6 Å². The van der Waals surface area contributed by atoms with Crippen LogP contribution in [0.4, 0.5) is 23.2 Å². The van der Waals surface area contributed by atoms with E-state index in [2.05, 4.69) is 10.1 Å². The molecule has 1 aliphatic rings. The van der Waals surface area contributed by atoms with Crippen LogP contribution in [0.2, 0.25) is 0 Å². The lowest BCUT2D eigenvalue weighted by atomic mass is 9.99. The molecule has 0 aliphatic carbocycles. The van der Waals surface area contributed by atoms with E-state index in [0.29, 0.717) is 17.4 Å². The zero-order chi connectivity index (χ0) is 33.1. The number of benzene rings is 4. The molecule has 0 aromatic heterocycles. The Hall–Kier alpha value is -4.91. The molecule has 0 fully saturated rings. The van der Waals surface area contributed by atoms with Crippen LogP contribution >= 0.6 is 0 Å². The predicted molar refractivity (Wildman–Crippen MR) is 161 cm³/mol. The summed E-state index contributed by atoms with van der Waals surface area (Å²) in [5, 5.41) is 2.66. The first-order valence-corrected chi connectivity index (χ1v) is 15.5. The lowest BCUT2D eigenvalue weighted by Crippen LogP contribution is -2.48. The van der Waals surface area contributed by atoms with E-state index >= 15 is 0 Å². The summed E-state index contributed by atoms with van der Waals surface area (Å²) in [5.74, 6) is -1.20. The van der Waals surface area contributed by atoms with E-state index < -0.39 is 44.4 Å². The number of hydrogen-bond acceptors (Lipinski definition) is 6. The van der Waals surface area contributed by atoms with Crippen molar-refractivity contribution < 1.29 is 45.0 Å². The fourth-order valence-electron chi connectivity index (χ4n) is 5.17. The molecule has 1 aliphatic heterocycles. The van der Waals surface area contributed by atoms with Gasteiger partial charge < -0.3 is 14.8 Å². The maximum Gasteiger partial charge on any atom is 0.417 e. The summed E-state index contributed by atoms with van der Waals surface area (Å²) >= 11 is 0. The normalized spacial score (nSPS) is 14.5. The van der Waals surface area contributed by atoms with Gasteiger partial charge in [-0.25, -0.2) is 12.8 Å². The first-order valence-electron chi connectivity index (χ1n) is 14.0. The highest BCUT2D eigenvalue weighted by Crippen LogP contribution is 2.41. The number of fused-ring (bicyclic) bond motifs is 1. The molecule has 0 unspecified atom stereocenters. The maximum absolute atomic E-state index is 14.2. The number of anilines is 1. The van der Waals surface area contributed by atoms with Gasteiger partial charge in [-0.2, -0.15) is 13.2 Å². The third kappa shape index (κ3) is 6.99. The van der Waals surface area contributed by atoms with Gasteiger partial charge in [-0.15, -0.1) is 0 Å². The van der Waals surface area contributed by atoms with Crippen LogP contribution in [0, 0.1) is 5.82 Å². The van der Waals surface area contributed by atoms with Crippen LogP contribution in [0.3, 0.4) is 0 Å². The average Bonchev–Trinajstić information content (AvgIpc) is 3.44. The van der Waals surface area contributed by atoms with Crippen LogP contribution in [0.25, 0.3) is 11.1 Å². The Morgan fingerprint density at radius 3 is 2.33 bits per heavy atom. The van der Waals surface area contributed by atoms with Gasteiger partial charge in [0.05, 0.1) is 36.2 Å². The summed E-state index contributed by atoms with van der Waals surface area (Å²) in [6.07, 6.45) is -4.83. The lowest BCUT2D eigenvalue weighted by molar-refractivity contribution is -0.140. The number of amides is 1. The van der Waals surface area contributed by atoms with Crippen molar-refractivity contribution in [1.82, 2.24) is 5.32 Å². The Kier molecular flexibility index (Phi) is 9.33. The molecule has 1 heterocycles. The van der Waals surface area contributed by atoms with E-state index in [1.807, 2.05) is 0 Å². The summed E-state index contributed by atoms with van der Waals surface area (Å²) in [4.78, 5) is 24.1. The number of esters is 1. The monoisotopic (exact) mass is 656 g/mol. The minimum atomic E-state index is -4.93. The second-order valence-electron chi connectivity index (χ2n) is 10.4. The number of carbonyl (C=O) groups excluding carboxylic acids is 2. The molecule has 13 heteroatoms. The molecule has 0 spiro atoms. The smallest absolute Gasteiger partial charge is 0.417 e. The molecule has 46 heavy (non-hydrogen) atoms. The standard InChI is InChI=1S/C33H28F4N2O6S/c1-44-31(40)18-21-6-12-25(13-7-21)45-17-16-38-32(41)30-19-23-4-2-3-5-29(23)39(30)46(42,43)26-14-15-27(28(20-26)33(35,36)37)22-8-10-24(34)11-9-22/h2-15,20,30H,16-19H2,1H3,(H,38,41)/t30-/m0/s1. The van der Waals surface area contributed by atoms with Crippen LogP contribution in [0.15, 0.2) is 95.9 Å². The zero-order valence-electron chi connectivity index (χ0n) is 24.4.